The summed E-state index contributed by atoms with van der Waals surface area (Å²) in [6, 6.07) is 4.05. The number of fused-ring (bicyclic) bond motifs is 1. The third-order valence-electron chi connectivity index (χ3n) is 4.81. The highest BCUT2D eigenvalue weighted by Gasteiger charge is 2.45. The number of benzene rings is 1. The Morgan fingerprint density at radius 2 is 1.96 bits per heavy atom. The van der Waals surface area contributed by atoms with E-state index in [4.69, 9.17) is 4.74 Å². The van der Waals surface area contributed by atoms with Gasteiger partial charge in [0.05, 0.1) is 5.75 Å². The minimum absolute atomic E-state index is 0.143. The molecule has 0 aromatic heterocycles. The molecule has 1 aliphatic heterocycles. The summed E-state index contributed by atoms with van der Waals surface area (Å²) in [4.78, 5) is 12.3. The van der Waals surface area contributed by atoms with Crippen LogP contribution in [0.5, 0.6) is 5.75 Å². The van der Waals surface area contributed by atoms with E-state index in [1.54, 1.807) is 0 Å². The molecule has 3 rings (SSSR count). The zero-order chi connectivity index (χ0) is 16.8. The number of hydrogen-bond acceptors (Lipinski definition) is 4. The minimum Gasteiger partial charge on any atom is -0.480 e. The molecule has 1 fully saturated rings. The predicted molar refractivity (Wildman–Crippen MR) is 88.4 cm³/mol. The molecule has 0 spiro atoms. The number of carbonyl (C=O) groups excluding carboxylic acids is 1. The van der Waals surface area contributed by atoms with Crippen LogP contribution in [-0.2, 0) is 21.1 Å². The number of carbonyl (C=O) groups is 1. The van der Waals surface area contributed by atoms with Crippen molar-refractivity contribution < 1.29 is 17.9 Å². The monoisotopic (exact) mass is 337 g/mol. The van der Waals surface area contributed by atoms with Gasteiger partial charge in [-0.1, -0.05) is 6.07 Å². The SMILES string of the molecule is Cc1cc2c(cc1C)O[C@H](C(=O)NCC1(CS(C)(=O)=O)CC1)C2. The van der Waals surface area contributed by atoms with E-state index in [-0.39, 0.29) is 17.1 Å². The van der Waals surface area contributed by atoms with Gasteiger partial charge in [0.2, 0.25) is 0 Å². The summed E-state index contributed by atoms with van der Waals surface area (Å²) in [6.07, 6.45) is 3.01. The van der Waals surface area contributed by atoms with Crippen LogP contribution in [0.3, 0.4) is 0 Å². The fourth-order valence-electron chi connectivity index (χ4n) is 3.15. The number of aryl methyl sites for hydroxylation is 2. The lowest BCUT2D eigenvalue weighted by Gasteiger charge is -2.17. The number of amides is 1. The van der Waals surface area contributed by atoms with Crippen LogP contribution in [0.1, 0.15) is 29.5 Å². The Balaban J connectivity index is 1.59. The van der Waals surface area contributed by atoms with Crippen LogP contribution in [0.4, 0.5) is 0 Å². The maximum Gasteiger partial charge on any atom is 0.261 e. The van der Waals surface area contributed by atoms with Crippen molar-refractivity contribution in [1.82, 2.24) is 5.32 Å². The zero-order valence-corrected chi connectivity index (χ0v) is 14.6. The standard InChI is InChI=1S/C17H23NO4S/c1-11-6-13-8-15(22-14(13)7-12(11)2)16(19)18-9-17(4-5-17)10-23(3,20)21/h6-7,15H,4-5,8-10H2,1-3H3,(H,18,19)/t15-/m0/s1. The van der Waals surface area contributed by atoms with E-state index in [0.717, 1.165) is 29.7 Å². The Kier molecular flexibility index (Phi) is 3.91. The molecular weight excluding hydrogens is 314 g/mol. The normalized spacial score (nSPS) is 21.4. The molecule has 23 heavy (non-hydrogen) atoms. The second-order valence-electron chi connectivity index (χ2n) is 7.14. The lowest BCUT2D eigenvalue weighted by atomic mass is 10.0. The summed E-state index contributed by atoms with van der Waals surface area (Å²) in [7, 11) is -3.02. The summed E-state index contributed by atoms with van der Waals surface area (Å²) in [5.74, 6) is 0.770. The number of hydrogen-bond donors (Lipinski definition) is 1. The first-order valence-corrected chi connectivity index (χ1v) is 9.96. The van der Waals surface area contributed by atoms with Crippen molar-refractivity contribution in [2.45, 2.75) is 39.2 Å². The molecule has 1 N–H and O–H groups in total. The third kappa shape index (κ3) is 3.68. The van der Waals surface area contributed by atoms with Gasteiger partial charge in [0.15, 0.2) is 6.10 Å². The Labute approximate surface area is 137 Å². The smallest absolute Gasteiger partial charge is 0.261 e. The van der Waals surface area contributed by atoms with E-state index in [1.165, 1.54) is 11.8 Å². The summed E-state index contributed by atoms with van der Waals surface area (Å²) < 4.78 is 28.7. The zero-order valence-electron chi connectivity index (χ0n) is 13.8. The Bertz CT molecular complexity index is 719. The third-order valence-corrected chi connectivity index (χ3v) is 5.94. The van der Waals surface area contributed by atoms with Crippen molar-refractivity contribution in [2.24, 2.45) is 5.41 Å². The Morgan fingerprint density at radius 1 is 1.30 bits per heavy atom. The van der Waals surface area contributed by atoms with Gasteiger partial charge in [-0.15, -0.1) is 0 Å². The Morgan fingerprint density at radius 3 is 2.57 bits per heavy atom. The maximum atomic E-state index is 12.3. The van der Waals surface area contributed by atoms with Crippen LogP contribution in [0, 0.1) is 19.3 Å². The summed E-state index contributed by atoms with van der Waals surface area (Å²) in [6.45, 7) is 4.48. The second kappa shape index (κ2) is 5.51. The van der Waals surface area contributed by atoms with Gasteiger partial charge in [-0.2, -0.15) is 0 Å². The second-order valence-corrected chi connectivity index (χ2v) is 9.28. The van der Waals surface area contributed by atoms with Gasteiger partial charge in [-0.05, 0) is 49.4 Å². The van der Waals surface area contributed by atoms with Gasteiger partial charge < -0.3 is 10.1 Å². The van der Waals surface area contributed by atoms with Crippen LogP contribution in [-0.4, -0.2) is 39.0 Å². The van der Waals surface area contributed by atoms with E-state index in [2.05, 4.69) is 11.4 Å². The van der Waals surface area contributed by atoms with Gasteiger partial charge >= 0.3 is 0 Å². The number of nitrogens with one attached hydrogen (secondary N) is 1. The highest BCUT2D eigenvalue weighted by molar-refractivity contribution is 7.90. The molecule has 1 atom stereocenters. The van der Waals surface area contributed by atoms with E-state index in [9.17, 15) is 13.2 Å². The molecule has 1 aromatic rings. The molecule has 126 valence electrons. The molecule has 0 saturated heterocycles. The van der Waals surface area contributed by atoms with Gasteiger partial charge in [-0.25, -0.2) is 8.42 Å². The quantitative estimate of drug-likeness (QED) is 0.885. The molecule has 1 amide bonds. The number of ether oxygens (including phenoxy) is 1. The van der Waals surface area contributed by atoms with Crippen molar-refractivity contribution in [2.75, 3.05) is 18.6 Å². The van der Waals surface area contributed by atoms with Crippen molar-refractivity contribution in [1.29, 1.82) is 0 Å². The predicted octanol–water partition coefficient (Wildman–Crippen LogP) is 1.55. The maximum absolute atomic E-state index is 12.3. The van der Waals surface area contributed by atoms with Crippen molar-refractivity contribution in [3.63, 3.8) is 0 Å². The molecule has 2 aliphatic rings. The van der Waals surface area contributed by atoms with Gasteiger partial charge in [-0.3, -0.25) is 4.79 Å². The van der Waals surface area contributed by atoms with Crippen molar-refractivity contribution >= 4 is 15.7 Å². The molecule has 0 unspecified atom stereocenters. The molecular formula is C17H23NO4S. The van der Waals surface area contributed by atoms with Crippen LogP contribution in [0.2, 0.25) is 0 Å². The summed E-state index contributed by atoms with van der Waals surface area (Å²) in [5.41, 5.74) is 3.14. The van der Waals surface area contributed by atoms with Crippen LogP contribution < -0.4 is 10.1 Å². The molecule has 1 aliphatic carbocycles. The highest BCUT2D eigenvalue weighted by Crippen LogP contribution is 2.46. The first kappa shape index (κ1) is 16.3. The van der Waals surface area contributed by atoms with E-state index in [0.29, 0.717) is 13.0 Å². The van der Waals surface area contributed by atoms with Gasteiger partial charge in [0.1, 0.15) is 15.6 Å². The average Bonchev–Trinajstić information content (AvgIpc) is 3.06. The largest absolute Gasteiger partial charge is 0.480 e. The molecule has 1 heterocycles. The lowest BCUT2D eigenvalue weighted by Crippen LogP contribution is -2.41. The summed E-state index contributed by atoms with van der Waals surface area (Å²) in [5, 5.41) is 2.89. The topological polar surface area (TPSA) is 72.5 Å². The van der Waals surface area contributed by atoms with Gasteiger partial charge in [0.25, 0.3) is 5.91 Å². The molecule has 1 saturated carbocycles. The van der Waals surface area contributed by atoms with E-state index < -0.39 is 15.9 Å². The van der Waals surface area contributed by atoms with Gasteiger partial charge in [0, 0.05) is 24.6 Å². The Hall–Kier alpha value is -1.56. The number of rotatable bonds is 5. The van der Waals surface area contributed by atoms with E-state index in [1.807, 2.05) is 19.9 Å². The lowest BCUT2D eigenvalue weighted by molar-refractivity contribution is -0.127. The van der Waals surface area contributed by atoms with Crippen LogP contribution in [0.15, 0.2) is 12.1 Å². The molecule has 0 bridgehead atoms. The summed E-state index contributed by atoms with van der Waals surface area (Å²) >= 11 is 0. The molecule has 0 radical (unpaired) electrons. The highest BCUT2D eigenvalue weighted by atomic mass is 32.2. The van der Waals surface area contributed by atoms with Crippen LogP contribution >= 0.6 is 0 Å². The average molecular weight is 337 g/mol. The molecule has 1 aromatic carbocycles. The number of sulfone groups is 1. The molecule has 5 nitrogen and oxygen atoms in total. The first-order chi connectivity index (χ1) is 10.7. The van der Waals surface area contributed by atoms with Crippen molar-refractivity contribution in [3.8, 4) is 5.75 Å². The fraction of sp³-hybridized carbons (Fsp3) is 0.588. The van der Waals surface area contributed by atoms with Crippen molar-refractivity contribution in [3.05, 3.63) is 28.8 Å². The van der Waals surface area contributed by atoms with Crippen LogP contribution in [0.25, 0.3) is 0 Å². The van der Waals surface area contributed by atoms with E-state index >= 15 is 0 Å². The fourth-order valence-corrected chi connectivity index (χ4v) is 4.66. The minimum atomic E-state index is -3.02. The molecule has 6 heteroatoms. The first-order valence-electron chi connectivity index (χ1n) is 7.90.